The van der Waals surface area contributed by atoms with E-state index in [0.717, 1.165) is 37.0 Å². The lowest BCUT2D eigenvalue weighted by molar-refractivity contribution is -0.148. The van der Waals surface area contributed by atoms with E-state index in [0.29, 0.717) is 6.42 Å². The van der Waals surface area contributed by atoms with Crippen LogP contribution in [0.3, 0.4) is 0 Å². The Labute approximate surface area is 105 Å². The number of pyridine rings is 1. The summed E-state index contributed by atoms with van der Waals surface area (Å²) in [5, 5.41) is 9.47. The molecule has 0 amide bonds. The number of carboxylic acids is 1. The lowest BCUT2D eigenvalue weighted by atomic mass is 9.82. The van der Waals surface area contributed by atoms with Crippen LogP contribution in [0.15, 0.2) is 30.6 Å². The molecule has 1 fully saturated rings. The van der Waals surface area contributed by atoms with Crippen molar-refractivity contribution in [3.63, 3.8) is 0 Å². The molecule has 0 spiro atoms. The average molecular weight is 244 g/mol. The van der Waals surface area contributed by atoms with Crippen LogP contribution in [0.4, 0.5) is 0 Å². The molecule has 4 heteroatoms. The van der Waals surface area contributed by atoms with Crippen molar-refractivity contribution in [1.82, 2.24) is 9.38 Å². The number of hydrogen-bond acceptors (Lipinski definition) is 2. The summed E-state index contributed by atoms with van der Waals surface area (Å²) in [4.78, 5) is 16.0. The molecule has 2 aromatic rings. The quantitative estimate of drug-likeness (QED) is 0.902. The van der Waals surface area contributed by atoms with Crippen LogP contribution in [0.5, 0.6) is 0 Å². The molecule has 0 atom stereocenters. The highest BCUT2D eigenvalue weighted by Gasteiger charge is 2.41. The van der Waals surface area contributed by atoms with Gasteiger partial charge in [0.25, 0.3) is 0 Å². The van der Waals surface area contributed by atoms with Crippen LogP contribution >= 0.6 is 0 Å². The van der Waals surface area contributed by atoms with Crippen molar-refractivity contribution in [1.29, 1.82) is 0 Å². The zero-order chi connectivity index (χ0) is 12.6. The number of rotatable bonds is 3. The van der Waals surface area contributed by atoms with E-state index in [1.54, 1.807) is 0 Å². The molecule has 18 heavy (non-hydrogen) atoms. The van der Waals surface area contributed by atoms with Crippen LogP contribution < -0.4 is 0 Å². The second kappa shape index (κ2) is 4.12. The molecule has 1 saturated carbocycles. The van der Waals surface area contributed by atoms with Crippen molar-refractivity contribution in [2.24, 2.45) is 5.41 Å². The average Bonchev–Trinajstić information content (AvgIpc) is 2.95. The Kier molecular flexibility index (Phi) is 2.58. The number of carboxylic acid groups (broad SMARTS) is 1. The first-order valence-electron chi connectivity index (χ1n) is 6.36. The van der Waals surface area contributed by atoms with Crippen LogP contribution in [0.2, 0.25) is 0 Å². The molecule has 3 rings (SSSR count). The standard InChI is InChI=1S/C14H16N2O2/c17-13(18)14(6-2-3-7-14)9-11-10-16-8-4-1-5-12(16)15-11/h1,4-5,8,10H,2-3,6-7,9H2,(H,17,18). The number of fused-ring (bicyclic) bond motifs is 1. The first-order valence-corrected chi connectivity index (χ1v) is 6.36. The fourth-order valence-corrected chi connectivity index (χ4v) is 2.94. The Hall–Kier alpha value is -1.84. The molecule has 0 bridgehead atoms. The van der Waals surface area contributed by atoms with Crippen LogP contribution in [0, 0.1) is 5.41 Å². The Morgan fingerprint density at radius 1 is 1.39 bits per heavy atom. The largest absolute Gasteiger partial charge is 0.481 e. The SMILES string of the molecule is O=C(O)C1(Cc2cn3ccccc3n2)CCCC1. The molecule has 0 saturated heterocycles. The van der Waals surface area contributed by atoms with Gasteiger partial charge in [-0.05, 0) is 25.0 Å². The van der Waals surface area contributed by atoms with Gasteiger partial charge in [-0.2, -0.15) is 0 Å². The van der Waals surface area contributed by atoms with Crippen LogP contribution in [0.1, 0.15) is 31.4 Å². The van der Waals surface area contributed by atoms with E-state index in [1.165, 1.54) is 0 Å². The first-order chi connectivity index (χ1) is 8.70. The number of aromatic nitrogens is 2. The lowest BCUT2D eigenvalue weighted by Crippen LogP contribution is -2.30. The summed E-state index contributed by atoms with van der Waals surface area (Å²) in [6.07, 6.45) is 8.00. The minimum atomic E-state index is -0.669. The fourth-order valence-electron chi connectivity index (χ4n) is 2.94. The summed E-state index contributed by atoms with van der Waals surface area (Å²) in [6, 6.07) is 5.82. The molecule has 0 aromatic carbocycles. The molecule has 1 N–H and O–H groups in total. The van der Waals surface area contributed by atoms with Gasteiger partial charge in [0.05, 0.1) is 11.1 Å². The Balaban J connectivity index is 1.93. The molecule has 94 valence electrons. The molecule has 0 aliphatic heterocycles. The van der Waals surface area contributed by atoms with E-state index in [-0.39, 0.29) is 0 Å². The molecule has 0 unspecified atom stereocenters. The van der Waals surface area contributed by atoms with Gasteiger partial charge in [0.15, 0.2) is 0 Å². The van der Waals surface area contributed by atoms with Crippen LogP contribution in [-0.2, 0) is 11.2 Å². The molecule has 4 nitrogen and oxygen atoms in total. The van der Waals surface area contributed by atoms with E-state index in [2.05, 4.69) is 4.98 Å². The van der Waals surface area contributed by atoms with Crippen molar-refractivity contribution in [3.05, 3.63) is 36.3 Å². The topological polar surface area (TPSA) is 54.6 Å². The number of nitrogens with zero attached hydrogens (tertiary/aromatic N) is 2. The smallest absolute Gasteiger partial charge is 0.310 e. The maximum absolute atomic E-state index is 11.5. The summed E-state index contributed by atoms with van der Waals surface area (Å²) in [5.41, 5.74) is 1.18. The third-order valence-corrected chi connectivity index (χ3v) is 3.95. The van der Waals surface area contributed by atoms with Crippen molar-refractivity contribution >= 4 is 11.6 Å². The van der Waals surface area contributed by atoms with Gasteiger partial charge in [0.2, 0.25) is 0 Å². The monoisotopic (exact) mass is 244 g/mol. The summed E-state index contributed by atoms with van der Waals surface area (Å²) < 4.78 is 1.94. The van der Waals surface area contributed by atoms with E-state index in [4.69, 9.17) is 0 Å². The van der Waals surface area contributed by atoms with Crippen LogP contribution in [-0.4, -0.2) is 20.5 Å². The Bertz CT molecular complexity index is 549. The highest BCUT2D eigenvalue weighted by Crippen LogP contribution is 2.41. The predicted octanol–water partition coefficient (Wildman–Crippen LogP) is 2.52. The summed E-state index contributed by atoms with van der Waals surface area (Å²) in [6.45, 7) is 0. The molecular formula is C14H16N2O2. The molecule has 0 radical (unpaired) electrons. The van der Waals surface area contributed by atoms with Gasteiger partial charge >= 0.3 is 5.97 Å². The zero-order valence-corrected chi connectivity index (χ0v) is 10.2. The van der Waals surface area contributed by atoms with Crippen LogP contribution in [0.25, 0.3) is 5.65 Å². The molecular weight excluding hydrogens is 228 g/mol. The minimum Gasteiger partial charge on any atom is -0.481 e. The number of aliphatic carboxylic acids is 1. The normalized spacial score (nSPS) is 18.2. The predicted molar refractivity (Wildman–Crippen MR) is 67.4 cm³/mol. The second-order valence-corrected chi connectivity index (χ2v) is 5.17. The van der Waals surface area contributed by atoms with Crippen molar-refractivity contribution < 1.29 is 9.90 Å². The molecule has 2 aromatic heterocycles. The third kappa shape index (κ3) is 1.78. The summed E-state index contributed by atoms with van der Waals surface area (Å²) in [7, 11) is 0. The van der Waals surface area contributed by atoms with Gasteiger partial charge in [-0.25, -0.2) is 4.98 Å². The third-order valence-electron chi connectivity index (χ3n) is 3.95. The Morgan fingerprint density at radius 2 is 2.17 bits per heavy atom. The first kappa shape index (κ1) is 11.3. The van der Waals surface area contributed by atoms with Gasteiger partial charge in [-0.3, -0.25) is 4.79 Å². The van der Waals surface area contributed by atoms with E-state index in [1.807, 2.05) is 35.0 Å². The summed E-state index contributed by atoms with van der Waals surface area (Å²) >= 11 is 0. The van der Waals surface area contributed by atoms with Crippen molar-refractivity contribution in [2.75, 3.05) is 0 Å². The van der Waals surface area contributed by atoms with Crippen molar-refractivity contribution in [3.8, 4) is 0 Å². The fraction of sp³-hybridized carbons (Fsp3) is 0.429. The maximum atomic E-state index is 11.5. The highest BCUT2D eigenvalue weighted by atomic mass is 16.4. The van der Waals surface area contributed by atoms with Gasteiger partial charge in [-0.15, -0.1) is 0 Å². The van der Waals surface area contributed by atoms with Crippen molar-refractivity contribution in [2.45, 2.75) is 32.1 Å². The number of carbonyl (C=O) groups is 1. The van der Waals surface area contributed by atoms with Gasteiger partial charge < -0.3 is 9.51 Å². The van der Waals surface area contributed by atoms with Gasteiger partial charge in [0, 0.05) is 18.8 Å². The summed E-state index contributed by atoms with van der Waals surface area (Å²) in [5.74, 6) is -0.669. The van der Waals surface area contributed by atoms with E-state index >= 15 is 0 Å². The maximum Gasteiger partial charge on any atom is 0.310 e. The number of hydrogen-bond donors (Lipinski definition) is 1. The minimum absolute atomic E-state index is 0.546. The number of imidazole rings is 1. The van der Waals surface area contributed by atoms with Gasteiger partial charge in [-0.1, -0.05) is 18.9 Å². The van der Waals surface area contributed by atoms with Gasteiger partial charge in [0.1, 0.15) is 5.65 Å². The van der Waals surface area contributed by atoms with E-state index in [9.17, 15) is 9.90 Å². The zero-order valence-electron chi connectivity index (χ0n) is 10.2. The molecule has 2 heterocycles. The lowest BCUT2D eigenvalue weighted by Gasteiger charge is -2.22. The van der Waals surface area contributed by atoms with E-state index < -0.39 is 11.4 Å². The highest BCUT2D eigenvalue weighted by molar-refractivity contribution is 5.75. The molecule has 1 aliphatic rings. The molecule has 1 aliphatic carbocycles. The Morgan fingerprint density at radius 3 is 2.83 bits per heavy atom. The second-order valence-electron chi connectivity index (χ2n) is 5.17.